The van der Waals surface area contributed by atoms with Gasteiger partial charge < -0.3 is 19.3 Å². The standard InChI is InChI=1S/C28H26F4N4O2/c1-34(2)15-19-16-35(26-11-9-23(38-3)13-24(19)26)17-27(37,28(30,31)32)20-4-10-25-18(12-20)14-33-36(25)22-7-5-21(29)6-8-22/h4-14,16,37H,15,17H2,1-3H3. The monoisotopic (exact) mass is 526 g/mol. The third-order valence-corrected chi connectivity index (χ3v) is 6.64. The first-order chi connectivity index (χ1) is 18.0. The summed E-state index contributed by atoms with van der Waals surface area (Å²) < 4.78 is 65.3. The summed E-state index contributed by atoms with van der Waals surface area (Å²) in [6, 6.07) is 14.8. The summed E-state index contributed by atoms with van der Waals surface area (Å²) in [6.07, 6.45) is -1.91. The summed E-state index contributed by atoms with van der Waals surface area (Å²) in [5.74, 6) is 0.178. The van der Waals surface area contributed by atoms with Gasteiger partial charge in [0, 0.05) is 29.0 Å². The van der Waals surface area contributed by atoms with Crippen LogP contribution in [0.4, 0.5) is 17.6 Å². The molecule has 0 aliphatic heterocycles. The Labute approximate surface area is 216 Å². The summed E-state index contributed by atoms with van der Waals surface area (Å²) in [4.78, 5) is 1.92. The van der Waals surface area contributed by atoms with Crippen molar-refractivity contribution in [1.29, 1.82) is 0 Å². The summed E-state index contributed by atoms with van der Waals surface area (Å²) in [5.41, 5.74) is -1.04. The molecule has 0 saturated heterocycles. The average Bonchev–Trinajstić information content (AvgIpc) is 3.44. The van der Waals surface area contributed by atoms with Gasteiger partial charge in [0.25, 0.3) is 0 Å². The van der Waals surface area contributed by atoms with Crippen LogP contribution >= 0.6 is 0 Å². The lowest BCUT2D eigenvalue weighted by atomic mass is 9.91. The molecule has 5 aromatic rings. The maximum absolute atomic E-state index is 14.6. The number of hydrogen-bond acceptors (Lipinski definition) is 4. The summed E-state index contributed by atoms with van der Waals surface area (Å²) in [7, 11) is 5.27. The van der Waals surface area contributed by atoms with Crippen LogP contribution < -0.4 is 4.74 Å². The van der Waals surface area contributed by atoms with E-state index < -0.39 is 24.1 Å². The van der Waals surface area contributed by atoms with E-state index in [0.29, 0.717) is 34.4 Å². The topological polar surface area (TPSA) is 55.4 Å². The van der Waals surface area contributed by atoms with Crippen molar-refractivity contribution in [3.8, 4) is 11.4 Å². The summed E-state index contributed by atoms with van der Waals surface area (Å²) in [5, 5.41) is 16.7. The Hall–Kier alpha value is -3.89. The van der Waals surface area contributed by atoms with Gasteiger partial charge in [-0.25, -0.2) is 9.07 Å². The van der Waals surface area contributed by atoms with Gasteiger partial charge in [0.2, 0.25) is 5.60 Å². The van der Waals surface area contributed by atoms with Crippen molar-refractivity contribution in [3.63, 3.8) is 0 Å². The molecule has 0 amide bonds. The second-order valence-corrected chi connectivity index (χ2v) is 9.57. The van der Waals surface area contributed by atoms with Gasteiger partial charge in [0.05, 0.1) is 31.1 Å². The minimum atomic E-state index is -4.97. The fourth-order valence-electron chi connectivity index (χ4n) is 4.74. The van der Waals surface area contributed by atoms with Gasteiger partial charge in [-0.15, -0.1) is 0 Å². The van der Waals surface area contributed by atoms with E-state index in [0.717, 1.165) is 10.9 Å². The molecule has 2 heterocycles. The van der Waals surface area contributed by atoms with Crippen LogP contribution in [0.3, 0.4) is 0 Å². The zero-order chi connectivity index (χ0) is 27.2. The lowest BCUT2D eigenvalue weighted by Crippen LogP contribution is -2.45. The second kappa shape index (κ2) is 9.45. The number of hydrogen-bond donors (Lipinski definition) is 1. The van der Waals surface area contributed by atoms with E-state index in [1.54, 1.807) is 24.4 Å². The molecular formula is C28H26F4N4O2. The Morgan fingerprint density at radius 3 is 2.34 bits per heavy atom. The van der Waals surface area contributed by atoms with E-state index in [9.17, 15) is 22.7 Å². The van der Waals surface area contributed by atoms with Gasteiger partial charge in [-0.2, -0.15) is 18.3 Å². The molecule has 3 aromatic carbocycles. The molecule has 0 saturated carbocycles. The second-order valence-electron chi connectivity index (χ2n) is 9.57. The van der Waals surface area contributed by atoms with Gasteiger partial charge in [-0.1, -0.05) is 6.07 Å². The molecule has 38 heavy (non-hydrogen) atoms. The predicted octanol–water partition coefficient (Wildman–Crippen LogP) is 5.64. The lowest BCUT2D eigenvalue weighted by molar-refractivity contribution is -0.271. The molecule has 0 aliphatic carbocycles. The van der Waals surface area contributed by atoms with Crippen LogP contribution in [0.5, 0.6) is 5.75 Å². The minimum Gasteiger partial charge on any atom is -0.497 e. The number of halogens is 4. The van der Waals surface area contributed by atoms with E-state index in [1.165, 1.54) is 65.0 Å². The predicted molar refractivity (Wildman–Crippen MR) is 137 cm³/mol. The molecule has 1 N–H and O–H groups in total. The first kappa shape index (κ1) is 25.7. The maximum Gasteiger partial charge on any atom is 0.423 e. The Kier molecular flexibility index (Phi) is 6.40. The van der Waals surface area contributed by atoms with Crippen LogP contribution in [0.25, 0.3) is 27.5 Å². The number of rotatable bonds is 7. The quantitative estimate of drug-likeness (QED) is 0.279. The fraction of sp³-hybridized carbons (Fsp3) is 0.250. The average molecular weight is 527 g/mol. The van der Waals surface area contributed by atoms with Crippen molar-refractivity contribution < 1.29 is 27.4 Å². The smallest absolute Gasteiger partial charge is 0.423 e. The van der Waals surface area contributed by atoms with Gasteiger partial charge in [0.1, 0.15) is 11.6 Å². The van der Waals surface area contributed by atoms with Gasteiger partial charge in [-0.05, 0) is 79.8 Å². The number of aromatic nitrogens is 3. The molecule has 198 valence electrons. The number of fused-ring (bicyclic) bond motifs is 2. The molecule has 0 fully saturated rings. The third-order valence-electron chi connectivity index (χ3n) is 6.64. The molecule has 0 spiro atoms. The zero-order valence-corrected chi connectivity index (χ0v) is 21.0. The zero-order valence-electron chi connectivity index (χ0n) is 21.0. The molecule has 1 unspecified atom stereocenters. The van der Waals surface area contributed by atoms with Crippen LogP contribution in [0.15, 0.2) is 73.1 Å². The fourth-order valence-corrected chi connectivity index (χ4v) is 4.74. The van der Waals surface area contributed by atoms with Crippen molar-refractivity contribution in [3.05, 3.63) is 90.0 Å². The number of methoxy groups -OCH3 is 1. The summed E-state index contributed by atoms with van der Waals surface area (Å²) in [6.45, 7) is -0.250. The van der Waals surface area contributed by atoms with Gasteiger partial charge >= 0.3 is 6.18 Å². The minimum absolute atomic E-state index is 0.305. The van der Waals surface area contributed by atoms with Crippen molar-refractivity contribution in [2.75, 3.05) is 21.2 Å². The highest BCUT2D eigenvalue weighted by Gasteiger charge is 2.55. The number of nitrogens with zero attached hydrogens (tertiary/aromatic N) is 4. The van der Waals surface area contributed by atoms with Crippen LogP contribution in [0, 0.1) is 5.82 Å². The third kappa shape index (κ3) is 4.50. The molecular weight excluding hydrogens is 500 g/mol. The Morgan fingerprint density at radius 1 is 0.974 bits per heavy atom. The number of aliphatic hydroxyl groups is 1. The Morgan fingerprint density at radius 2 is 1.68 bits per heavy atom. The van der Waals surface area contributed by atoms with Gasteiger partial charge in [0.15, 0.2) is 0 Å². The van der Waals surface area contributed by atoms with Crippen LogP contribution in [-0.4, -0.2) is 51.7 Å². The number of alkyl halides is 3. The Balaban J connectivity index is 1.59. The molecule has 5 rings (SSSR count). The summed E-state index contributed by atoms with van der Waals surface area (Å²) >= 11 is 0. The van der Waals surface area contributed by atoms with Crippen molar-refractivity contribution in [2.24, 2.45) is 0 Å². The first-order valence-electron chi connectivity index (χ1n) is 11.8. The van der Waals surface area contributed by atoms with E-state index in [-0.39, 0.29) is 5.56 Å². The normalized spacial score (nSPS) is 13.9. The molecule has 0 radical (unpaired) electrons. The number of ether oxygens (including phenoxy) is 1. The van der Waals surface area contributed by atoms with Crippen LogP contribution in [-0.2, 0) is 18.7 Å². The molecule has 0 aliphatic rings. The Bertz CT molecular complexity index is 1610. The molecule has 2 aromatic heterocycles. The first-order valence-corrected chi connectivity index (χ1v) is 11.8. The largest absolute Gasteiger partial charge is 0.497 e. The van der Waals surface area contributed by atoms with Crippen molar-refractivity contribution in [1.82, 2.24) is 19.2 Å². The van der Waals surface area contributed by atoms with E-state index in [2.05, 4.69) is 5.10 Å². The van der Waals surface area contributed by atoms with E-state index >= 15 is 0 Å². The highest BCUT2D eigenvalue weighted by Crippen LogP contribution is 2.42. The molecule has 6 nitrogen and oxygen atoms in total. The van der Waals surface area contributed by atoms with Crippen LogP contribution in [0.1, 0.15) is 11.1 Å². The lowest BCUT2D eigenvalue weighted by Gasteiger charge is -2.32. The highest BCUT2D eigenvalue weighted by atomic mass is 19.4. The van der Waals surface area contributed by atoms with Crippen molar-refractivity contribution in [2.45, 2.75) is 24.9 Å². The molecule has 1 atom stereocenters. The maximum atomic E-state index is 14.6. The molecule has 0 bridgehead atoms. The van der Waals surface area contributed by atoms with E-state index in [4.69, 9.17) is 4.74 Å². The molecule has 10 heteroatoms. The number of benzene rings is 3. The van der Waals surface area contributed by atoms with E-state index in [1.807, 2.05) is 19.0 Å². The van der Waals surface area contributed by atoms with Crippen LogP contribution in [0.2, 0.25) is 0 Å². The van der Waals surface area contributed by atoms with Crippen molar-refractivity contribution >= 4 is 21.8 Å². The highest BCUT2D eigenvalue weighted by molar-refractivity contribution is 5.85. The SMILES string of the molecule is COc1ccc2c(c1)c(CN(C)C)cn2CC(O)(c1ccc2c(cnn2-c2ccc(F)cc2)c1)C(F)(F)F. The van der Waals surface area contributed by atoms with Gasteiger partial charge in [-0.3, -0.25) is 0 Å².